The molecule has 0 amide bonds. The molecule has 0 aliphatic heterocycles. The first-order valence-corrected chi connectivity index (χ1v) is 7.77. The Labute approximate surface area is 137 Å². The van der Waals surface area contributed by atoms with Crippen LogP contribution in [0.5, 0.6) is 5.75 Å². The van der Waals surface area contributed by atoms with E-state index in [0.717, 1.165) is 18.5 Å². The van der Waals surface area contributed by atoms with E-state index >= 15 is 0 Å². The predicted molar refractivity (Wildman–Crippen MR) is 87.5 cm³/mol. The first-order chi connectivity index (χ1) is 10.1. The first-order valence-electron chi connectivity index (χ1n) is 6.60. The third kappa shape index (κ3) is 4.70. The van der Waals surface area contributed by atoms with Gasteiger partial charge in [0.15, 0.2) is 0 Å². The monoisotopic (exact) mass is 371 g/mol. The number of rotatable bonds is 6. The fourth-order valence-corrected chi connectivity index (χ4v) is 2.60. The molecule has 0 radical (unpaired) electrons. The summed E-state index contributed by atoms with van der Waals surface area (Å²) in [4.78, 5) is 0. The fraction of sp³-hybridized carbons (Fsp3) is 0.250. The highest BCUT2D eigenvalue weighted by molar-refractivity contribution is 9.10. The molecule has 0 saturated heterocycles. The van der Waals surface area contributed by atoms with E-state index in [4.69, 9.17) is 16.3 Å². The average molecular weight is 373 g/mol. The molecule has 21 heavy (non-hydrogen) atoms. The van der Waals surface area contributed by atoms with Crippen LogP contribution in [0, 0.1) is 5.82 Å². The molecule has 0 unspecified atom stereocenters. The van der Waals surface area contributed by atoms with Crippen molar-refractivity contribution in [2.45, 2.75) is 13.0 Å². The van der Waals surface area contributed by atoms with Crippen LogP contribution in [0.3, 0.4) is 0 Å². The second-order valence-electron chi connectivity index (χ2n) is 4.66. The molecule has 0 atom stereocenters. The quantitative estimate of drug-likeness (QED) is 0.749. The largest absolute Gasteiger partial charge is 0.488 e. The molecule has 2 aromatic rings. The van der Waals surface area contributed by atoms with Crippen molar-refractivity contribution >= 4 is 27.5 Å². The number of likely N-dealkylation sites (N-methyl/N-ethyl adjacent to an activating group) is 1. The van der Waals surface area contributed by atoms with Gasteiger partial charge >= 0.3 is 0 Å². The second-order valence-corrected chi connectivity index (χ2v) is 5.92. The van der Waals surface area contributed by atoms with Crippen molar-refractivity contribution < 1.29 is 9.13 Å². The van der Waals surface area contributed by atoms with Crippen molar-refractivity contribution in [1.29, 1.82) is 0 Å². The zero-order valence-corrected chi connectivity index (χ0v) is 14.0. The summed E-state index contributed by atoms with van der Waals surface area (Å²) in [6.45, 7) is 1.33. The van der Waals surface area contributed by atoms with Crippen LogP contribution < -0.4 is 10.1 Å². The van der Waals surface area contributed by atoms with Gasteiger partial charge in [-0.2, -0.15) is 0 Å². The summed E-state index contributed by atoms with van der Waals surface area (Å²) < 4.78 is 19.7. The van der Waals surface area contributed by atoms with Crippen LogP contribution in [0.15, 0.2) is 40.9 Å². The zero-order valence-electron chi connectivity index (χ0n) is 11.6. The molecule has 0 spiro atoms. The van der Waals surface area contributed by atoms with Crippen LogP contribution >= 0.6 is 27.5 Å². The molecule has 0 saturated carbocycles. The molecule has 1 N–H and O–H groups in total. The maximum absolute atomic E-state index is 13.4. The minimum Gasteiger partial charge on any atom is -0.488 e. The van der Waals surface area contributed by atoms with Crippen molar-refractivity contribution in [1.82, 2.24) is 5.32 Å². The molecule has 0 aromatic heterocycles. The van der Waals surface area contributed by atoms with Crippen LogP contribution in [0.25, 0.3) is 0 Å². The number of ether oxygens (including phenoxy) is 1. The third-order valence-corrected chi connectivity index (χ3v) is 3.97. The Morgan fingerprint density at radius 1 is 1.19 bits per heavy atom. The molecule has 2 rings (SSSR count). The predicted octanol–water partition coefficient (Wildman–Crippen LogP) is 4.58. The maximum Gasteiger partial charge on any atom is 0.145 e. The molecular formula is C16H16BrClFNO. The molecule has 2 nitrogen and oxygen atoms in total. The molecule has 0 bridgehead atoms. The van der Waals surface area contributed by atoms with Gasteiger partial charge in [-0.1, -0.05) is 35.9 Å². The van der Waals surface area contributed by atoms with Crippen LogP contribution in [0.4, 0.5) is 4.39 Å². The number of hydrogen-bond acceptors (Lipinski definition) is 2. The minimum atomic E-state index is -0.489. The summed E-state index contributed by atoms with van der Waals surface area (Å²) in [5.74, 6) is -0.0477. The Bertz CT molecular complexity index is 604. The van der Waals surface area contributed by atoms with Crippen molar-refractivity contribution in [3.8, 4) is 5.75 Å². The zero-order chi connectivity index (χ0) is 15.2. The van der Waals surface area contributed by atoms with Crippen LogP contribution in [-0.2, 0) is 13.0 Å². The van der Waals surface area contributed by atoms with Crippen LogP contribution in [-0.4, -0.2) is 13.6 Å². The SMILES string of the molecule is CNCCc1ccc(COc2cc(F)c(Cl)cc2Br)cc1. The molecular weight excluding hydrogens is 357 g/mol. The van der Waals surface area contributed by atoms with E-state index in [1.165, 1.54) is 17.7 Å². The lowest BCUT2D eigenvalue weighted by Gasteiger charge is -2.10. The molecule has 0 aliphatic rings. The maximum atomic E-state index is 13.4. The van der Waals surface area contributed by atoms with Gasteiger partial charge in [0.1, 0.15) is 18.2 Å². The van der Waals surface area contributed by atoms with Gasteiger partial charge < -0.3 is 10.1 Å². The third-order valence-electron chi connectivity index (χ3n) is 3.06. The van der Waals surface area contributed by atoms with Gasteiger partial charge in [-0.15, -0.1) is 0 Å². The molecule has 2 aromatic carbocycles. The Morgan fingerprint density at radius 3 is 2.52 bits per heavy atom. The summed E-state index contributed by atoms with van der Waals surface area (Å²) in [5, 5.41) is 3.19. The number of hydrogen-bond donors (Lipinski definition) is 1. The standard InChI is InChI=1S/C16H16BrClFNO/c1-20-7-6-11-2-4-12(5-3-11)10-21-16-9-15(19)14(18)8-13(16)17/h2-5,8-9,20H,6-7,10H2,1H3. The van der Waals surface area contributed by atoms with Gasteiger partial charge in [-0.3, -0.25) is 0 Å². The molecule has 0 fully saturated rings. The Hall–Kier alpha value is -1.10. The highest BCUT2D eigenvalue weighted by Gasteiger charge is 2.08. The lowest BCUT2D eigenvalue weighted by Crippen LogP contribution is -2.10. The Balaban J connectivity index is 1.98. The van der Waals surface area contributed by atoms with E-state index < -0.39 is 5.82 Å². The lowest BCUT2D eigenvalue weighted by atomic mass is 10.1. The van der Waals surface area contributed by atoms with E-state index in [-0.39, 0.29) is 5.02 Å². The summed E-state index contributed by atoms with van der Waals surface area (Å²) in [6, 6.07) is 11.0. The van der Waals surface area contributed by atoms with E-state index in [2.05, 4.69) is 33.4 Å². The minimum absolute atomic E-state index is 0.0723. The van der Waals surface area contributed by atoms with Gasteiger partial charge in [0.05, 0.1) is 9.50 Å². The van der Waals surface area contributed by atoms with Crippen molar-refractivity contribution in [2.24, 2.45) is 0 Å². The summed E-state index contributed by atoms with van der Waals surface area (Å²) in [5.41, 5.74) is 2.30. The van der Waals surface area contributed by atoms with E-state index in [1.807, 2.05) is 19.2 Å². The van der Waals surface area contributed by atoms with Gasteiger partial charge in [0.25, 0.3) is 0 Å². The second kappa shape index (κ2) is 7.78. The van der Waals surface area contributed by atoms with E-state index in [9.17, 15) is 4.39 Å². The Morgan fingerprint density at radius 2 is 1.86 bits per heavy atom. The number of nitrogens with one attached hydrogen (secondary N) is 1. The van der Waals surface area contributed by atoms with Gasteiger partial charge in [-0.25, -0.2) is 4.39 Å². The van der Waals surface area contributed by atoms with Crippen molar-refractivity contribution in [3.05, 3.63) is 62.8 Å². The first kappa shape index (κ1) is 16.3. The smallest absolute Gasteiger partial charge is 0.145 e. The molecule has 5 heteroatoms. The van der Waals surface area contributed by atoms with Crippen molar-refractivity contribution in [2.75, 3.05) is 13.6 Å². The van der Waals surface area contributed by atoms with Gasteiger partial charge in [0, 0.05) is 6.07 Å². The van der Waals surface area contributed by atoms with E-state index in [0.29, 0.717) is 16.8 Å². The van der Waals surface area contributed by atoms with Crippen molar-refractivity contribution in [3.63, 3.8) is 0 Å². The average Bonchev–Trinajstić information content (AvgIpc) is 2.48. The van der Waals surface area contributed by atoms with Crippen LogP contribution in [0.1, 0.15) is 11.1 Å². The molecule has 0 aliphatic carbocycles. The van der Waals surface area contributed by atoms with Gasteiger partial charge in [-0.05, 0) is 53.1 Å². The van der Waals surface area contributed by atoms with Crippen LogP contribution in [0.2, 0.25) is 5.02 Å². The summed E-state index contributed by atoms with van der Waals surface area (Å²) in [7, 11) is 1.94. The highest BCUT2D eigenvalue weighted by atomic mass is 79.9. The Kier molecular flexibility index (Phi) is 6.03. The van der Waals surface area contributed by atoms with E-state index in [1.54, 1.807) is 0 Å². The van der Waals surface area contributed by atoms with Gasteiger partial charge in [0.2, 0.25) is 0 Å². The normalized spacial score (nSPS) is 10.7. The highest BCUT2D eigenvalue weighted by Crippen LogP contribution is 2.31. The lowest BCUT2D eigenvalue weighted by molar-refractivity contribution is 0.302. The fourth-order valence-electron chi connectivity index (χ4n) is 1.85. The summed E-state index contributed by atoms with van der Waals surface area (Å²) >= 11 is 9.01. The molecule has 112 valence electrons. The number of benzene rings is 2. The number of halogens is 3. The topological polar surface area (TPSA) is 21.3 Å². The summed E-state index contributed by atoms with van der Waals surface area (Å²) in [6.07, 6.45) is 0.992. The molecule has 0 heterocycles.